The van der Waals surface area contributed by atoms with E-state index in [1.54, 1.807) is 36.4 Å². The predicted octanol–water partition coefficient (Wildman–Crippen LogP) is 5.00. The first-order valence-corrected chi connectivity index (χ1v) is 10.8. The van der Waals surface area contributed by atoms with Crippen molar-refractivity contribution in [2.24, 2.45) is 5.10 Å². The van der Waals surface area contributed by atoms with Gasteiger partial charge in [0.15, 0.2) is 23.0 Å². The van der Waals surface area contributed by atoms with Crippen LogP contribution in [0.4, 0.5) is 0 Å². The number of carbonyl (C=O) groups is 1. The van der Waals surface area contributed by atoms with E-state index in [0.29, 0.717) is 48.4 Å². The Labute approximate surface area is 199 Å². The molecule has 0 saturated heterocycles. The van der Waals surface area contributed by atoms with Crippen molar-refractivity contribution < 1.29 is 23.7 Å². The number of nitrogens with zero attached hydrogens (tertiary/aromatic N) is 1. The van der Waals surface area contributed by atoms with Crippen LogP contribution in [0.15, 0.2) is 84.5 Å². The average molecular weight is 461 g/mol. The SMILES string of the molecule is C=CCOc1ccc(/C=N/NC(=O)c2ccc(OCc3ccccc3)c(OC)c2)cc1OCC. The van der Waals surface area contributed by atoms with Gasteiger partial charge in [-0.3, -0.25) is 4.79 Å². The maximum Gasteiger partial charge on any atom is 0.271 e. The van der Waals surface area contributed by atoms with Crippen molar-refractivity contribution in [3.05, 3.63) is 96.1 Å². The molecule has 0 radical (unpaired) electrons. The summed E-state index contributed by atoms with van der Waals surface area (Å²) in [5, 5.41) is 4.06. The monoisotopic (exact) mass is 460 g/mol. The lowest BCUT2D eigenvalue weighted by Gasteiger charge is -2.12. The predicted molar refractivity (Wildman–Crippen MR) is 132 cm³/mol. The molecule has 3 aromatic rings. The largest absolute Gasteiger partial charge is 0.493 e. The van der Waals surface area contributed by atoms with Gasteiger partial charge in [0, 0.05) is 5.56 Å². The molecule has 0 aliphatic carbocycles. The lowest BCUT2D eigenvalue weighted by Crippen LogP contribution is -2.17. The van der Waals surface area contributed by atoms with Crippen LogP contribution < -0.4 is 24.4 Å². The Hall–Kier alpha value is -4.26. The van der Waals surface area contributed by atoms with Gasteiger partial charge < -0.3 is 18.9 Å². The second kappa shape index (κ2) is 12.7. The van der Waals surface area contributed by atoms with Crippen LogP contribution in [-0.2, 0) is 6.61 Å². The fraction of sp³-hybridized carbons (Fsp3) is 0.185. The Bertz CT molecular complexity index is 1130. The Morgan fingerprint density at radius 3 is 2.44 bits per heavy atom. The van der Waals surface area contributed by atoms with Gasteiger partial charge in [0.25, 0.3) is 5.91 Å². The minimum atomic E-state index is -0.375. The van der Waals surface area contributed by atoms with Crippen molar-refractivity contribution >= 4 is 12.1 Å². The standard InChI is InChI=1S/C27H28N2O5/c1-4-15-33-24-13-11-21(16-26(24)32-5-2)18-28-29-27(30)22-12-14-23(25(17-22)31-3)34-19-20-9-7-6-8-10-20/h4,6-14,16-18H,1,5,15,19H2,2-3H3,(H,29,30)/b28-18+. The van der Waals surface area contributed by atoms with Crippen LogP contribution in [-0.4, -0.2) is 32.4 Å². The molecule has 0 atom stereocenters. The van der Waals surface area contributed by atoms with Gasteiger partial charge in [-0.05, 0) is 54.4 Å². The van der Waals surface area contributed by atoms with E-state index in [1.165, 1.54) is 13.3 Å². The van der Waals surface area contributed by atoms with E-state index in [1.807, 2.05) is 43.3 Å². The summed E-state index contributed by atoms with van der Waals surface area (Å²) < 4.78 is 22.4. The molecule has 176 valence electrons. The smallest absolute Gasteiger partial charge is 0.271 e. The van der Waals surface area contributed by atoms with E-state index < -0.39 is 0 Å². The van der Waals surface area contributed by atoms with Gasteiger partial charge in [-0.25, -0.2) is 5.43 Å². The molecule has 0 aliphatic rings. The van der Waals surface area contributed by atoms with Crippen molar-refractivity contribution in [3.8, 4) is 23.0 Å². The van der Waals surface area contributed by atoms with Gasteiger partial charge in [0.2, 0.25) is 0 Å². The lowest BCUT2D eigenvalue weighted by atomic mass is 10.2. The summed E-state index contributed by atoms with van der Waals surface area (Å²) in [6.07, 6.45) is 3.20. The highest BCUT2D eigenvalue weighted by Gasteiger charge is 2.11. The Morgan fingerprint density at radius 1 is 0.941 bits per heavy atom. The molecule has 1 N–H and O–H groups in total. The Balaban J connectivity index is 1.63. The molecule has 3 aromatic carbocycles. The third-order valence-corrected chi connectivity index (χ3v) is 4.67. The molecule has 0 aliphatic heterocycles. The quantitative estimate of drug-likeness (QED) is 0.234. The minimum absolute atomic E-state index is 0.375. The Morgan fingerprint density at radius 2 is 1.71 bits per heavy atom. The van der Waals surface area contributed by atoms with E-state index >= 15 is 0 Å². The maximum absolute atomic E-state index is 12.6. The molecule has 1 amide bonds. The van der Waals surface area contributed by atoms with Crippen LogP contribution in [0, 0.1) is 0 Å². The van der Waals surface area contributed by atoms with E-state index in [0.717, 1.165) is 11.1 Å². The number of carbonyl (C=O) groups excluding carboxylic acids is 1. The number of amides is 1. The summed E-state index contributed by atoms with van der Waals surface area (Å²) in [5.74, 6) is 1.85. The summed E-state index contributed by atoms with van der Waals surface area (Å²) >= 11 is 0. The molecule has 7 nitrogen and oxygen atoms in total. The van der Waals surface area contributed by atoms with Crippen molar-refractivity contribution in [3.63, 3.8) is 0 Å². The summed E-state index contributed by atoms with van der Waals surface area (Å²) in [6.45, 7) is 6.81. The molecule has 34 heavy (non-hydrogen) atoms. The summed E-state index contributed by atoms with van der Waals surface area (Å²) in [5.41, 5.74) is 4.70. The van der Waals surface area contributed by atoms with E-state index in [2.05, 4.69) is 17.1 Å². The molecule has 0 heterocycles. The number of hydrazone groups is 1. The number of rotatable bonds is 12. The van der Waals surface area contributed by atoms with E-state index in [4.69, 9.17) is 18.9 Å². The number of benzene rings is 3. The Kier molecular flexibility index (Phi) is 9.10. The van der Waals surface area contributed by atoms with Crippen LogP contribution in [0.2, 0.25) is 0 Å². The molecule has 7 heteroatoms. The van der Waals surface area contributed by atoms with E-state index in [9.17, 15) is 4.79 Å². The zero-order chi connectivity index (χ0) is 24.2. The second-order valence-electron chi connectivity index (χ2n) is 7.08. The molecule has 0 spiro atoms. The summed E-state index contributed by atoms with van der Waals surface area (Å²) in [4.78, 5) is 12.6. The third kappa shape index (κ3) is 6.87. The third-order valence-electron chi connectivity index (χ3n) is 4.67. The summed E-state index contributed by atoms with van der Waals surface area (Å²) in [7, 11) is 1.53. The number of nitrogens with one attached hydrogen (secondary N) is 1. The first-order valence-electron chi connectivity index (χ1n) is 10.8. The molecule has 0 saturated carbocycles. The van der Waals surface area contributed by atoms with Crippen molar-refractivity contribution in [2.45, 2.75) is 13.5 Å². The van der Waals surface area contributed by atoms with Gasteiger partial charge in [-0.1, -0.05) is 43.0 Å². The number of ether oxygens (including phenoxy) is 4. The lowest BCUT2D eigenvalue weighted by molar-refractivity contribution is 0.0954. The van der Waals surface area contributed by atoms with Crippen molar-refractivity contribution in [1.82, 2.24) is 5.43 Å². The molecule has 0 aromatic heterocycles. The van der Waals surface area contributed by atoms with Crippen molar-refractivity contribution in [2.75, 3.05) is 20.3 Å². The number of methoxy groups -OCH3 is 1. The minimum Gasteiger partial charge on any atom is -0.493 e. The highest BCUT2D eigenvalue weighted by atomic mass is 16.5. The van der Waals surface area contributed by atoms with Gasteiger partial charge >= 0.3 is 0 Å². The highest BCUT2D eigenvalue weighted by Crippen LogP contribution is 2.29. The first kappa shape index (κ1) is 24.4. The van der Waals surface area contributed by atoms with Crippen LogP contribution in [0.25, 0.3) is 0 Å². The van der Waals surface area contributed by atoms with Gasteiger partial charge in [0.1, 0.15) is 13.2 Å². The second-order valence-corrected chi connectivity index (χ2v) is 7.08. The zero-order valence-corrected chi connectivity index (χ0v) is 19.3. The fourth-order valence-electron chi connectivity index (χ4n) is 3.03. The normalized spacial score (nSPS) is 10.5. The van der Waals surface area contributed by atoms with Gasteiger partial charge in [0.05, 0.1) is 19.9 Å². The van der Waals surface area contributed by atoms with Crippen LogP contribution in [0.1, 0.15) is 28.4 Å². The molecule has 0 unspecified atom stereocenters. The average Bonchev–Trinajstić information content (AvgIpc) is 2.87. The molecular weight excluding hydrogens is 432 g/mol. The first-order chi connectivity index (χ1) is 16.6. The van der Waals surface area contributed by atoms with Gasteiger partial charge in [-0.15, -0.1) is 0 Å². The molecule has 3 rings (SSSR count). The fourth-order valence-corrected chi connectivity index (χ4v) is 3.03. The van der Waals surface area contributed by atoms with Crippen LogP contribution in [0.5, 0.6) is 23.0 Å². The maximum atomic E-state index is 12.6. The van der Waals surface area contributed by atoms with E-state index in [-0.39, 0.29) is 5.91 Å². The topological polar surface area (TPSA) is 78.4 Å². The van der Waals surface area contributed by atoms with Gasteiger partial charge in [-0.2, -0.15) is 5.10 Å². The number of hydrogen-bond acceptors (Lipinski definition) is 6. The van der Waals surface area contributed by atoms with Crippen molar-refractivity contribution in [1.29, 1.82) is 0 Å². The summed E-state index contributed by atoms with van der Waals surface area (Å²) in [6, 6.07) is 20.2. The van der Waals surface area contributed by atoms with Crippen LogP contribution >= 0.6 is 0 Å². The molecule has 0 bridgehead atoms. The zero-order valence-electron chi connectivity index (χ0n) is 19.3. The molecule has 0 fully saturated rings. The molecular formula is C27H28N2O5. The number of hydrogen-bond donors (Lipinski definition) is 1. The highest BCUT2D eigenvalue weighted by molar-refractivity contribution is 5.95. The van der Waals surface area contributed by atoms with Crippen LogP contribution in [0.3, 0.4) is 0 Å².